The Bertz CT molecular complexity index is 470. The Balaban J connectivity index is 2.48. The number of furan rings is 1. The first-order chi connectivity index (χ1) is 7.22. The zero-order valence-electron chi connectivity index (χ0n) is 8.06. The van der Waals surface area contributed by atoms with E-state index >= 15 is 0 Å². The van der Waals surface area contributed by atoms with E-state index in [0.29, 0.717) is 17.7 Å². The number of carboxylic acids is 1. The first-order valence-electron chi connectivity index (χ1n) is 4.48. The van der Waals surface area contributed by atoms with Gasteiger partial charge in [0.25, 0.3) is 0 Å². The molecule has 0 aliphatic carbocycles. The summed E-state index contributed by atoms with van der Waals surface area (Å²) in [6.45, 7) is 1.82. The van der Waals surface area contributed by atoms with Gasteiger partial charge in [0, 0.05) is 0 Å². The summed E-state index contributed by atoms with van der Waals surface area (Å²) in [4.78, 5) is 14.9. The van der Waals surface area contributed by atoms with Crippen LogP contribution in [0.1, 0.15) is 23.2 Å². The number of rotatable bonds is 3. The highest BCUT2D eigenvalue weighted by molar-refractivity contribution is 5.86. The summed E-state index contributed by atoms with van der Waals surface area (Å²) in [6.07, 6.45) is 3.45. The molecule has 0 amide bonds. The predicted molar refractivity (Wildman–Crippen MR) is 50.5 cm³/mol. The Morgan fingerprint density at radius 3 is 2.87 bits per heavy atom. The van der Waals surface area contributed by atoms with Crippen LogP contribution in [0.5, 0.6) is 0 Å². The molecule has 5 nitrogen and oxygen atoms in total. The summed E-state index contributed by atoms with van der Waals surface area (Å²) >= 11 is 0. The number of aromatic nitrogens is 1. The van der Waals surface area contributed by atoms with Crippen LogP contribution in [0, 0.1) is 0 Å². The molecule has 0 aromatic carbocycles. The minimum atomic E-state index is -1.10. The first-order valence-corrected chi connectivity index (χ1v) is 4.48. The van der Waals surface area contributed by atoms with Gasteiger partial charge in [0.05, 0.1) is 17.5 Å². The maximum absolute atomic E-state index is 10.8. The zero-order valence-corrected chi connectivity index (χ0v) is 8.06. The molecule has 2 heterocycles. The summed E-state index contributed by atoms with van der Waals surface area (Å²) in [6, 6.07) is 1.66. The Labute approximate surface area is 85.3 Å². The minimum absolute atomic E-state index is 0.103. The topological polar surface area (TPSA) is 76.5 Å². The molecular weight excluding hydrogens is 198 g/mol. The summed E-state index contributed by atoms with van der Waals surface area (Å²) in [7, 11) is 0. The van der Waals surface area contributed by atoms with Gasteiger partial charge in [-0.25, -0.2) is 9.78 Å². The molecule has 0 saturated carbocycles. The van der Waals surface area contributed by atoms with Gasteiger partial charge in [-0.3, -0.25) is 0 Å². The van der Waals surface area contributed by atoms with E-state index in [1.54, 1.807) is 6.07 Å². The van der Waals surface area contributed by atoms with Crippen molar-refractivity contribution in [3.05, 3.63) is 30.0 Å². The molecule has 0 unspecified atom stereocenters. The number of oxazole rings is 1. The summed E-state index contributed by atoms with van der Waals surface area (Å²) in [5.41, 5.74) is 1.08. The molecule has 0 spiro atoms. The molecule has 2 aromatic heterocycles. The first kappa shape index (κ1) is 9.51. The van der Waals surface area contributed by atoms with E-state index in [4.69, 9.17) is 13.9 Å². The number of carboxylic acid groups (broad SMARTS) is 1. The van der Waals surface area contributed by atoms with Crippen molar-refractivity contribution in [2.24, 2.45) is 0 Å². The Kier molecular flexibility index (Phi) is 2.29. The molecular formula is C10H9NO4. The molecule has 2 aromatic rings. The van der Waals surface area contributed by atoms with E-state index in [0.717, 1.165) is 0 Å². The van der Waals surface area contributed by atoms with Crippen LogP contribution in [0.25, 0.3) is 11.5 Å². The van der Waals surface area contributed by atoms with Gasteiger partial charge >= 0.3 is 5.97 Å². The molecule has 2 rings (SSSR count). The fraction of sp³-hybridized carbons (Fsp3) is 0.200. The lowest BCUT2D eigenvalue weighted by Gasteiger charge is -1.88. The average Bonchev–Trinajstić information content (AvgIpc) is 2.86. The minimum Gasteiger partial charge on any atom is -0.475 e. The van der Waals surface area contributed by atoms with Crippen LogP contribution in [0.4, 0.5) is 0 Å². The van der Waals surface area contributed by atoms with Gasteiger partial charge < -0.3 is 13.9 Å². The quantitative estimate of drug-likeness (QED) is 0.834. The van der Waals surface area contributed by atoms with Gasteiger partial charge in [0.15, 0.2) is 0 Å². The fourth-order valence-corrected chi connectivity index (χ4v) is 1.27. The second-order valence-electron chi connectivity index (χ2n) is 2.97. The lowest BCUT2D eigenvalue weighted by atomic mass is 10.3. The highest BCUT2D eigenvalue weighted by atomic mass is 16.4. The molecule has 5 heteroatoms. The standard InChI is InChI=1S/C10H9NO4/c1-2-7-8(10(12)13)15-9(11-7)6-3-4-14-5-6/h3-5H,2H2,1H3,(H,12,13). The SMILES string of the molecule is CCc1nc(-c2ccoc2)oc1C(=O)O. The largest absolute Gasteiger partial charge is 0.475 e. The number of nitrogens with zero attached hydrogens (tertiary/aromatic N) is 1. The van der Waals surface area contributed by atoms with Crippen molar-refractivity contribution in [2.45, 2.75) is 13.3 Å². The number of aryl methyl sites for hydroxylation is 1. The van der Waals surface area contributed by atoms with Gasteiger partial charge in [-0.15, -0.1) is 0 Å². The molecule has 0 aliphatic rings. The van der Waals surface area contributed by atoms with Gasteiger partial charge in [-0.1, -0.05) is 6.92 Å². The van der Waals surface area contributed by atoms with Crippen molar-refractivity contribution in [2.75, 3.05) is 0 Å². The smallest absolute Gasteiger partial charge is 0.373 e. The molecule has 0 bridgehead atoms. The van der Waals surface area contributed by atoms with Crippen molar-refractivity contribution in [3.8, 4) is 11.5 Å². The molecule has 1 N–H and O–H groups in total. The van der Waals surface area contributed by atoms with Gasteiger partial charge in [0.2, 0.25) is 11.7 Å². The second-order valence-corrected chi connectivity index (χ2v) is 2.97. The molecule has 0 aliphatic heterocycles. The molecule has 0 saturated heterocycles. The Morgan fingerprint density at radius 1 is 1.60 bits per heavy atom. The van der Waals surface area contributed by atoms with Crippen LogP contribution in [0.15, 0.2) is 27.4 Å². The van der Waals surface area contributed by atoms with Gasteiger partial charge in [0.1, 0.15) is 6.26 Å². The third kappa shape index (κ3) is 1.63. The van der Waals surface area contributed by atoms with Crippen LogP contribution < -0.4 is 0 Å². The van der Waals surface area contributed by atoms with E-state index in [9.17, 15) is 4.79 Å². The summed E-state index contributed by atoms with van der Waals surface area (Å²) in [5.74, 6) is -0.930. The maximum Gasteiger partial charge on any atom is 0.373 e. The van der Waals surface area contributed by atoms with Crippen molar-refractivity contribution < 1.29 is 18.7 Å². The molecule has 0 atom stereocenters. The van der Waals surface area contributed by atoms with Crippen molar-refractivity contribution in [1.29, 1.82) is 0 Å². The lowest BCUT2D eigenvalue weighted by molar-refractivity contribution is 0.0662. The lowest BCUT2D eigenvalue weighted by Crippen LogP contribution is -1.98. The van der Waals surface area contributed by atoms with Crippen LogP contribution in [-0.4, -0.2) is 16.1 Å². The van der Waals surface area contributed by atoms with Crippen molar-refractivity contribution in [1.82, 2.24) is 4.98 Å². The molecule has 15 heavy (non-hydrogen) atoms. The zero-order chi connectivity index (χ0) is 10.8. The predicted octanol–water partition coefficient (Wildman–Crippen LogP) is 2.20. The Hall–Kier alpha value is -2.04. The number of hydrogen-bond acceptors (Lipinski definition) is 4. The molecule has 78 valence electrons. The number of carbonyl (C=O) groups is 1. The maximum atomic E-state index is 10.8. The average molecular weight is 207 g/mol. The number of aromatic carboxylic acids is 1. The van der Waals surface area contributed by atoms with Crippen molar-refractivity contribution >= 4 is 5.97 Å². The fourth-order valence-electron chi connectivity index (χ4n) is 1.27. The highest BCUT2D eigenvalue weighted by Gasteiger charge is 2.19. The van der Waals surface area contributed by atoms with E-state index in [-0.39, 0.29) is 11.7 Å². The van der Waals surface area contributed by atoms with Crippen LogP contribution in [-0.2, 0) is 6.42 Å². The van der Waals surface area contributed by atoms with Crippen LogP contribution >= 0.6 is 0 Å². The third-order valence-corrected chi connectivity index (χ3v) is 1.99. The highest BCUT2D eigenvalue weighted by Crippen LogP contribution is 2.22. The summed E-state index contributed by atoms with van der Waals surface area (Å²) in [5, 5.41) is 8.85. The molecule has 0 radical (unpaired) electrons. The normalized spacial score (nSPS) is 10.5. The summed E-state index contributed by atoms with van der Waals surface area (Å²) < 4.78 is 10.0. The van der Waals surface area contributed by atoms with Crippen LogP contribution in [0.2, 0.25) is 0 Å². The van der Waals surface area contributed by atoms with Gasteiger partial charge in [-0.2, -0.15) is 0 Å². The second kappa shape index (κ2) is 3.61. The van der Waals surface area contributed by atoms with E-state index in [1.807, 2.05) is 6.92 Å². The van der Waals surface area contributed by atoms with Crippen LogP contribution in [0.3, 0.4) is 0 Å². The van der Waals surface area contributed by atoms with Gasteiger partial charge in [-0.05, 0) is 12.5 Å². The van der Waals surface area contributed by atoms with Crippen molar-refractivity contribution in [3.63, 3.8) is 0 Å². The monoisotopic (exact) mass is 207 g/mol. The third-order valence-electron chi connectivity index (χ3n) is 1.99. The van der Waals surface area contributed by atoms with E-state index < -0.39 is 5.97 Å². The number of hydrogen-bond donors (Lipinski definition) is 1. The van der Waals surface area contributed by atoms with E-state index in [1.165, 1.54) is 12.5 Å². The molecule has 0 fully saturated rings. The van der Waals surface area contributed by atoms with E-state index in [2.05, 4.69) is 4.98 Å². The Morgan fingerprint density at radius 2 is 2.40 bits per heavy atom.